The van der Waals surface area contributed by atoms with Crippen molar-refractivity contribution in [1.29, 1.82) is 0 Å². The Morgan fingerprint density at radius 3 is 2.96 bits per heavy atom. The van der Waals surface area contributed by atoms with E-state index in [0.29, 0.717) is 5.65 Å². The van der Waals surface area contributed by atoms with E-state index in [9.17, 15) is 4.79 Å². The highest BCUT2D eigenvalue weighted by Crippen LogP contribution is 2.31. The lowest BCUT2D eigenvalue weighted by molar-refractivity contribution is 0.831. The second-order valence-electron chi connectivity index (χ2n) is 5.58. The molecule has 6 heteroatoms. The van der Waals surface area contributed by atoms with Crippen LogP contribution < -0.4 is 11.0 Å². The number of nitrogens with zero attached hydrogens (tertiary/aromatic N) is 2. The van der Waals surface area contributed by atoms with Crippen LogP contribution in [0.3, 0.4) is 0 Å². The summed E-state index contributed by atoms with van der Waals surface area (Å²) < 4.78 is 1.63. The van der Waals surface area contributed by atoms with E-state index in [1.165, 1.54) is 9.75 Å². The highest BCUT2D eigenvalue weighted by atomic mass is 32.1. The Kier molecular flexibility index (Phi) is 3.28. The number of hydrogen-bond donors (Lipinski definition) is 2. The van der Waals surface area contributed by atoms with Crippen molar-refractivity contribution in [2.75, 3.05) is 7.05 Å². The Morgan fingerprint density at radius 2 is 2.13 bits per heavy atom. The molecule has 0 radical (unpaired) electrons. The summed E-state index contributed by atoms with van der Waals surface area (Å²) in [4.78, 5) is 14.6. The molecule has 2 N–H and O–H groups in total. The lowest BCUT2D eigenvalue weighted by atomic mass is 10.1. The zero-order valence-electron chi connectivity index (χ0n) is 12.9. The number of pyridine rings is 1. The molecular formula is C17H16N4OS. The number of aryl methyl sites for hydroxylation is 1. The minimum Gasteiger partial charge on any atom is -0.315 e. The molecule has 4 rings (SSSR count). The van der Waals surface area contributed by atoms with Gasteiger partial charge in [0, 0.05) is 21.7 Å². The van der Waals surface area contributed by atoms with Crippen molar-refractivity contribution >= 4 is 27.9 Å². The first-order valence-corrected chi connectivity index (χ1v) is 8.23. The lowest BCUT2D eigenvalue weighted by Crippen LogP contribution is -2.10. The molecule has 23 heavy (non-hydrogen) atoms. The highest BCUT2D eigenvalue weighted by molar-refractivity contribution is 7.15. The predicted octanol–water partition coefficient (Wildman–Crippen LogP) is 2.93. The number of rotatable bonds is 3. The van der Waals surface area contributed by atoms with Crippen molar-refractivity contribution < 1.29 is 0 Å². The summed E-state index contributed by atoms with van der Waals surface area (Å²) in [6, 6.07) is 12.5. The van der Waals surface area contributed by atoms with E-state index >= 15 is 0 Å². The first kappa shape index (κ1) is 14.2. The number of fused-ring (bicyclic) bond motifs is 3. The van der Waals surface area contributed by atoms with Crippen molar-refractivity contribution in [3.8, 4) is 10.4 Å². The van der Waals surface area contributed by atoms with Crippen LogP contribution in [0.25, 0.3) is 27.0 Å². The molecule has 3 aromatic heterocycles. The van der Waals surface area contributed by atoms with Gasteiger partial charge in [0.2, 0.25) is 0 Å². The Hall–Kier alpha value is -2.44. The van der Waals surface area contributed by atoms with Gasteiger partial charge < -0.3 is 5.32 Å². The minimum absolute atomic E-state index is 0.204. The summed E-state index contributed by atoms with van der Waals surface area (Å²) in [5.74, 6) is 0. The third-order valence-corrected chi connectivity index (χ3v) is 5.14. The van der Waals surface area contributed by atoms with Crippen LogP contribution in [0.2, 0.25) is 0 Å². The van der Waals surface area contributed by atoms with Gasteiger partial charge in [-0.1, -0.05) is 12.1 Å². The van der Waals surface area contributed by atoms with Crippen LogP contribution in [0, 0.1) is 6.92 Å². The van der Waals surface area contributed by atoms with Crippen LogP contribution in [0.1, 0.15) is 10.4 Å². The number of aromatic amines is 1. The average molecular weight is 324 g/mol. The number of thiophene rings is 1. The third-order valence-electron chi connectivity index (χ3n) is 4.00. The number of aromatic nitrogens is 3. The maximum absolute atomic E-state index is 12.1. The summed E-state index contributed by atoms with van der Waals surface area (Å²) in [6.07, 6.45) is 0. The third kappa shape index (κ3) is 2.27. The van der Waals surface area contributed by atoms with Crippen LogP contribution in [0.5, 0.6) is 0 Å². The minimum atomic E-state index is -0.204. The van der Waals surface area contributed by atoms with E-state index in [1.807, 2.05) is 20.0 Å². The van der Waals surface area contributed by atoms with E-state index in [-0.39, 0.29) is 5.69 Å². The SMILES string of the molecule is CNCc1ccc(-c2ccc3c(C)cc4n[nH]c(=O)n4c3c2)s1. The van der Waals surface area contributed by atoms with Crippen LogP contribution in [-0.4, -0.2) is 21.6 Å². The van der Waals surface area contributed by atoms with E-state index in [0.717, 1.165) is 28.6 Å². The van der Waals surface area contributed by atoms with Gasteiger partial charge in [0.1, 0.15) is 0 Å². The van der Waals surface area contributed by atoms with E-state index < -0.39 is 0 Å². The summed E-state index contributed by atoms with van der Waals surface area (Å²) in [6.45, 7) is 2.90. The van der Waals surface area contributed by atoms with Crippen molar-refractivity contribution in [2.24, 2.45) is 0 Å². The molecule has 5 nitrogen and oxygen atoms in total. The zero-order valence-corrected chi connectivity index (χ0v) is 13.7. The van der Waals surface area contributed by atoms with Crippen LogP contribution in [-0.2, 0) is 6.54 Å². The monoisotopic (exact) mass is 324 g/mol. The second-order valence-corrected chi connectivity index (χ2v) is 6.75. The number of benzene rings is 1. The van der Waals surface area contributed by atoms with Crippen molar-refractivity contribution in [2.45, 2.75) is 13.5 Å². The molecule has 0 saturated heterocycles. The molecule has 0 aliphatic carbocycles. The van der Waals surface area contributed by atoms with Crippen LogP contribution in [0.4, 0.5) is 0 Å². The molecule has 0 aliphatic heterocycles. The van der Waals surface area contributed by atoms with E-state index in [2.05, 4.69) is 45.8 Å². The van der Waals surface area contributed by atoms with Crippen LogP contribution >= 0.6 is 11.3 Å². The molecule has 0 saturated carbocycles. The number of nitrogens with one attached hydrogen (secondary N) is 2. The van der Waals surface area contributed by atoms with Crippen molar-refractivity contribution in [3.63, 3.8) is 0 Å². The summed E-state index contributed by atoms with van der Waals surface area (Å²) in [7, 11) is 1.94. The largest absolute Gasteiger partial charge is 0.348 e. The first-order chi connectivity index (χ1) is 11.2. The number of hydrogen-bond acceptors (Lipinski definition) is 4. The van der Waals surface area contributed by atoms with Gasteiger partial charge in [-0.05, 0) is 49.4 Å². The zero-order chi connectivity index (χ0) is 16.0. The Morgan fingerprint density at radius 1 is 1.26 bits per heavy atom. The molecule has 0 atom stereocenters. The Labute approximate surface area is 136 Å². The van der Waals surface area contributed by atoms with Gasteiger partial charge in [0.15, 0.2) is 5.65 Å². The normalized spacial score (nSPS) is 11.6. The quantitative estimate of drug-likeness (QED) is 0.609. The molecule has 0 fully saturated rings. The highest BCUT2D eigenvalue weighted by Gasteiger charge is 2.10. The van der Waals surface area contributed by atoms with Gasteiger partial charge >= 0.3 is 5.69 Å². The Bertz CT molecular complexity index is 1070. The van der Waals surface area contributed by atoms with Gasteiger partial charge in [0.25, 0.3) is 0 Å². The molecule has 0 aliphatic rings. The molecule has 0 spiro atoms. The first-order valence-electron chi connectivity index (χ1n) is 7.41. The second kappa shape index (κ2) is 5.33. The lowest BCUT2D eigenvalue weighted by Gasteiger charge is -2.06. The molecule has 0 amide bonds. The predicted molar refractivity (Wildman–Crippen MR) is 94.1 cm³/mol. The summed E-state index contributed by atoms with van der Waals surface area (Å²) in [5.41, 5.74) is 3.56. The molecule has 1 aromatic carbocycles. The smallest absolute Gasteiger partial charge is 0.315 e. The molecular weight excluding hydrogens is 308 g/mol. The van der Waals surface area contributed by atoms with Crippen molar-refractivity contribution in [1.82, 2.24) is 19.9 Å². The molecule has 3 heterocycles. The van der Waals surface area contributed by atoms with Crippen LogP contribution in [0.15, 0.2) is 41.2 Å². The Balaban J connectivity index is 1.97. The van der Waals surface area contributed by atoms with Gasteiger partial charge in [-0.3, -0.25) is 0 Å². The summed E-state index contributed by atoms with van der Waals surface area (Å²) in [5, 5.41) is 10.8. The average Bonchev–Trinajstić information content (AvgIpc) is 3.15. The molecule has 0 bridgehead atoms. The summed E-state index contributed by atoms with van der Waals surface area (Å²) >= 11 is 1.76. The fourth-order valence-electron chi connectivity index (χ4n) is 2.92. The number of H-pyrrole nitrogens is 1. The molecule has 116 valence electrons. The maximum atomic E-state index is 12.1. The fourth-order valence-corrected chi connectivity index (χ4v) is 3.93. The molecule has 0 unspecified atom stereocenters. The van der Waals surface area contributed by atoms with E-state index in [4.69, 9.17) is 0 Å². The standard InChI is InChI=1S/C17H16N4OS/c1-10-7-16-19-20-17(22)21(16)14-8-11(3-5-13(10)14)15-6-4-12(23-15)9-18-2/h3-8,18H,9H2,1-2H3,(H,20,22). The van der Waals surface area contributed by atoms with Gasteiger partial charge in [0.05, 0.1) is 5.52 Å². The topological polar surface area (TPSA) is 62.2 Å². The van der Waals surface area contributed by atoms with Gasteiger partial charge in [-0.2, -0.15) is 5.10 Å². The van der Waals surface area contributed by atoms with Gasteiger partial charge in [-0.15, -0.1) is 11.3 Å². The van der Waals surface area contributed by atoms with Gasteiger partial charge in [-0.25, -0.2) is 14.3 Å². The van der Waals surface area contributed by atoms with Crippen molar-refractivity contribution in [3.05, 3.63) is 57.3 Å². The maximum Gasteiger partial charge on any atom is 0.348 e. The molecule has 4 aromatic rings. The van der Waals surface area contributed by atoms with E-state index in [1.54, 1.807) is 15.7 Å². The fraction of sp³-hybridized carbons (Fsp3) is 0.176.